The maximum Gasteiger partial charge on any atom is 0.408 e. The number of likely N-dealkylation sites (tertiary alicyclic amines) is 1. The quantitative estimate of drug-likeness (QED) is 0.663. The fourth-order valence-electron chi connectivity index (χ4n) is 3.93. The van der Waals surface area contributed by atoms with Gasteiger partial charge in [-0.05, 0) is 65.2 Å². The molecule has 3 amide bonds. The Balaban J connectivity index is 1.64. The molecular formula is C22H37N3O4. The molecule has 1 saturated heterocycles. The fraction of sp³-hybridized carbons (Fsp3) is 0.773. The zero-order valence-corrected chi connectivity index (χ0v) is 18.4. The Kier molecular flexibility index (Phi) is 8.53. The maximum absolute atomic E-state index is 12.5. The highest BCUT2D eigenvalue weighted by Crippen LogP contribution is 2.30. The molecule has 7 heteroatoms. The lowest BCUT2D eigenvalue weighted by Gasteiger charge is -2.31. The molecule has 164 valence electrons. The molecule has 0 atom stereocenters. The molecule has 0 aromatic carbocycles. The highest BCUT2D eigenvalue weighted by molar-refractivity contribution is 5.88. The largest absolute Gasteiger partial charge is 0.444 e. The molecule has 2 aliphatic rings. The number of piperidine rings is 1. The number of hydrogen-bond acceptors (Lipinski definition) is 4. The second-order valence-corrected chi connectivity index (χ2v) is 9.30. The van der Waals surface area contributed by atoms with Crippen LogP contribution in [0.1, 0.15) is 66.2 Å². The van der Waals surface area contributed by atoms with Gasteiger partial charge in [0.15, 0.2) is 0 Å². The Labute approximate surface area is 174 Å². The van der Waals surface area contributed by atoms with Crippen LogP contribution in [-0.2, 0) is 14.3 Å². The Morgan fingerprint density at radius 3 is 2.24 bits per heavy atom. The van der Waals surface area contributed by atoms with Crippen molar-refractivity contribution in [3.63, 3.8) is 0 Å². The van der Waals surface area contributed by atoms with Crippen LogP contribution in [0.5, 0.6) is 0 Å². The van der Waals surface area contributed by atoms with E-state index in [0.717, 1.165) is 25.9 Å². The van der Waals surface area contributed by atoms with E-state index >= 15 is 0 Å². The molecule has 1 heterocycles. The van der Waals surface area contributed by atoms with Crippen LogP contribution in [0.2, 0.25) is 0 Å². The number of nitrogens with one attached hydrogen (secondary N) is 2. The zero-order valence-electron chi connectivity index (χ0n) is 18.4. The van der Waals surface area contributed by atoms with Gasteiger partial charge in [-0.2, -0.15) is 0 Å². The minimum Gasteiger partial charge on any atom is -0.444 e. The molecule has 0 unspecified atom stereocenters. The van der Waals surface area contributed by atoms with E-state index in [2.05, 4.69) is 17.6 Å². The summed E-state index contributed by atoms with van der Waals surface area (Å²) >= 11 is 0. The standard InChI is InChI=1S/C22H37N3O4/c1-16(18-7-5-6-8-18)13-20(27)25-11-9-17(10-12-25)14-23-19(26)15-24-21(28)29-22(2,3)4/h13,17-18H,5-12,14-15H2,1-4H3,(H,23,26)(H,24,28)/b16-13+. The topological polar surface area (TPSA) is 87.7 Å². The first kappa shape index (κ1) is 23.2. The van der Waals surface area contributed by atoms with Gasteiger partial charge in [0.2, 0.25) is 11.8 Å². The van der Waals surface area contributed by atoms with E-state index in [1.54, 1.807) is 20.8 Å². The van der Waals surface area contributed by atoms with Gasteiger partial charge >= 0.3 is 6.09 Å². The van der Waals surface area contributed by atoms with Gasteiger partial charge in [0.25, 0.3) is 0 Å². The lowest BCUT2D eigenvalue weighted by molar-refractivity contribution is -0.127. The van der Waals surface area contributed by atoms with Crippen molar-refractivity contribution in [1.82, 2.24) is 15.5 Å². The summed E-state index contributed by atoms with van der Waals surface area (Å²) in [6.07, 6.45) is 7.95. The fourth-order valence-corrected chi connectivity index (χ4v) is 3.93. The molecular weight excluding hydrogens is 370 g/mol. The molecule has 1 saturated carbocycles. The average Bonchev–Trinajstić information content (AvgIpc) is 3.18. The van der Waals surface area contributed by atoms with Crippen LogP contribution in [0.25, 0.3) is 0 Å². The average molecular weight is 408 g/mol. The molecule has 1 aliphatic carbocycles. The Morgan fingerprint density at radius 1 is 1.03 bits per heavy atom. The van der Waals surface area contributed by atoms with Crippen molar-refractivity contribution >= 4 is 17.9 Å². The zero-order chi connectivity index (χ0) is 21.4. The van der Waals surface area contributed by atoms with Gasteiger partial charge in [-0.25, -0.2) is 4.79 Å². The number of alkyl carbamates (subject to hydrolysis) is 1. The van der Waals surface area contributed by atoms with Gasteiger partial charge in [-0.1, -0.05) is 18.4 Å². The van der Waals surface area contributed by atoms with Crippen LogP contribution in [0.3, 0.4) is 0 Å². The van der Waals surface area contributed by atoms with Crippen molar-refractivity contribution in [2.24, 2.45) is 11.8 Å². The summed E-state index contributed by atoms with van der Waals surface area (Å²) in [5.74, 6) is 0.827. The Morgan fingerprint density at radius 2 is 1.66 bits per heavy atom. The summed E-state index contributed by atoms with van der Waals surface area (Å²) in [4.78, 5) is 37.9. The second kappa shape index (κ2) is 10.6. The Bertz CT molecular complexity index is 610. The molecule has 0 aromatic heterocycles. The highest BCUT2D eigenvalue weighted by Gasteiger charge is 2.24. The normalized spacial score (nSPS) is 19.2. The van der Waals surface area contributed by atoms with Gasteiger partial charge in [0, 0.05) is 25.7 Å². The van der Waals surface area contributed by atoms with Gasteiger partial charge in [-0.15, -0.1) is 0 Å². The number of nitrogens with zero attached hydrogens (tertiary/aromatic N) is 1. The van der Waals surface area contributed by atoms with Crippen molar-refractivity contribution in [2.75, 3.05) is 26.2 Å². The number of carbonyl (C=O) groups is 3. The monoisotopic (exact) mass is 407 g/mol. The third-order valence-corrected chi connectivity index (χ3v) is 5.66. The van der Waals surface area contributed by atoms with E-state index in [4.69, 9.17) is 4.74 Å². The first-order valence-corrected chi connectivity index (χ1v) is 10.8. The van der Waals surface area contributed by atoms with Crippen LogP contribution in [-0.4, -0.2) is 54.6 Å². The van der Waals surface area contributed by atoms with Crippen molar-refractivity contribution in [2.45, 2.75) is 71.8 Å². The van der Waals surface area contributed by atoms with Crippen LogP contribution in [0.15, 0.2) is 11.6 Å². The summed E-state index contributed by atoms with van der Waals surface area (Å²) in [5, 5.41) is 5.32. The van der Waals surface area contributed by atoms with E-state index in [1.807, 2.05) is 11.0 Å². The molecule has 2 fully saturated rings. The predicted molar refractivity (Wildman–Crippen MR) is 112 cm³/mol. The highest BCUT2D eigenvalue weighted by atomic mass is 16.6. The molecule has 1 aliphatic heterocycles. The van der Waals surface area contributed by atoms with Gasteiger partial charge < -0.3 is 20.3 Å². The first-order chi connectivity index (χ1) is 13.6. The second-order valence-electron chi connectivity index (χ2n) is 9.30. The van der Waals surface area contributed by atoms with E-state index < -0.39 is 11.7 Å². The van der Waals surface area contributed by atoms with Gasteiger partial charge in [0.1, 0.15) is 5.60 Å². The van der Waals surface area contributed by atoms with E-state index in [9.17, 15) is 14.4 Å². The van der Waals surface area contributed by atoms with Gasteiger partial charge in [-0.3, -0.25) is 9.59 Å². The molecule has 2 rings (SSSR count). The van der Waals surface area contributed by atoms with E-state index in [1.165, 1.54) is 31.3 Å². The minimum atomic E-state index is -0.597. The SMILES string of the molecule is C/C(=C\C(=O)N1CCC(CNC(=O)CNC(=O)OC(C)(C)C)CC1)C1CCCC1. The number of carbonyl (C=O) groups excluding carboxylic acids is 3. The number of hydrogen-bond donors (Lipinski definition) is 2. The molecule has 7 nitrogen and oxygen atoms in total. The van der Waals surface area contributed by atoms with Crippen LogP contribution >= 0.6 is 0 Å². The predicted octanol–water partition coefficient (Wildman–Crippen LogP) is 3.00. The van der Waals surface area contributed by atoms with Crippen molar-refractivity contribution in [3.05, 3.63) is 11.6 Å². The van der Waals surface area contributed by atoms with Crippen LogP contribution in [0, 0.1) is 11.8 Å². The summed E-state index contributed by atoms with van der Waals surface area (Å²) in [6, 6.07) is 0. The maximum atomic E-state index is 12.5. The molecule has 0 spiro atoms. The third kappa shape index (κ3) is 8.46. The number of ether oxygens (including phenoxy) is 1. The summed E-state index contributed by atoms with van der Waals surface area (Å²) in [5.41, 5.74) is 0.635. The van der Waals surface area contributed by atoms with Gasteiger partial charge in [0.05, 0.1) is 6.54 Å². The minimum absolute atomic E-state index is 0.0997. The first-order valence-electron chi connectivity index (χ1n) is 10.8. The van der Waals surface area contributed by atoms with Crippen molar-refractivity contribution in [3.8, 4) is 0 Å². The molecule has 0 bridgehead atoms. The summed E-state index contributed by atoms with van der Waals surface area (Å²) in [6.45, 7) is 9.32. The summed E-state index contributed by atoms with van der Waals surface area (Å²) in [7, 11) is 0. The number of amides is 3. The molecule has 29 heavy (non-hydrogen) atoms. The van der Waals surface area contributed by atoms with E-state index in [-0.39, 0.29) is 18.4 Å². The lowest BCUT2D eigenvalue weighted by Crippen LogP contribution is -2.43. The van der Waals surface area contributed by atoms with Crippen LogP contribution < -0.4 is 10.6 Å². The number of rotatable bonds is 6. The van der Waals surface area contributed by atoms with Crippen molar-refractivity contribution in [1.29, 1.82) is 0 Å². The lowest BCUT2D eigenvalue weighted by atomic mass is 9.95. The molecule has 0 aromatic rings. The molecule has 0 radical (unpaired) electrons. The van der Waals surface area contributed by atoms with Crippen molar-refractivity contribution < 1.29 is 19.1 Å². The van der Waals surface area contributed by atoms with E-state index in [0.29, 0.717) is 18.4 Å². The smallest absolute Gasteiger partial charge is 0.408 e. The van der Waals surface area contributed by atoms with Crippen LogP contribution in [0.4, 0.5) is 4.79 Å². The Hall–Kier alpha value is -2.05. The summed E-state index contributed by atoms with van der Waals surface area (Å²) < 4.78 is 5.10. The third-order valence-electron chi connectivity index (χ3n) is 5.66. The number of allylic oxidation sites excluding steroid dienone is 1. The molecule has 2 N–H and O–H groups in total.